The van der Waals surface area contributed by atoms with E-state index in [1.54, 1.807) is 0 Å². The van der Waals surface area contributed by atoms with Crippen molar-refractivity contribution in [3.63, 3.8) is 0 Å². The normalized spacial score (nSPS) is 30.6. The van der Waals surface area contributed by atoms with Crippen molar-refractivity contribution in [1.29, 1.82) is 0 Å². The van der Waals surface area contributed by atoms with Crippen molar-refractivity contribution in [2.45, 2.75) is 58.6 Å². The summed E-state index contributed by atoms with van der Waals surface area (Å²) >= 11 is 0. The second kappa shape index (κ2) is 5.72. The van der Waals surface area contributed by atoms with E-state index in [1.807, 2.05) is 0 Å². The monoisotopic (exact) mass is 199 g/mol. The summed E-state index contributed by atoms with van der Waals surface area (Å²) in [6.45, 7) is 7.82. The van der Waals surface area contributed by atoms with Crippen molar-refractivity contribution >= 4 is 0 Å². The molecule has 1 fully saturated rings. The molecule has 0 aromatic rings. The highest BCUT2D eigenvalue weighted by Gasteiger charge is 2.22. The van der Waals surface area contributed by atoms with Crippen LogP contribution >= 0.6 is 0 Å². The minimum atomic E-state index is -0.108. The van der Waals surface area contributed by atoms with Gasteiger partial charge in [-0.05, 0) is 31.2 Å². The smallest absolute Gasteiger partial charge is 0.0693 e. The number of hydrogen-bond acceptors (Lipinski definition) is 2. The summed E-state index contributed by atoms with van der Waals surface area (Å²) < 4.78 is 0. The summed E-state index contributed by atoms with van der Waals surface area (Å²) in [4.78, 5) is 0. The van der Waals surface area contributed by atoms with Gasteiger partial charge in [0.15, 0.2) is 0 Å². The topological polar surface area (TPSA) is 32.3 Å². The van der Waals surface area contributed by atoms with Gasteiger partial charge in [0.25, 0.3) is 0 Å². The lowest BCUT2D eigenvalue weighted by Gasteiger charge is -2.30. The summed E-state index contributed by atoms with van der Waals surface area (Å²) in [5.74, 6) is 1.42. The van der Waals surface area contributed by atoms with E-state index in [9.17, 15) is 5.11 Å². The van der Waals surface area contributed by atoms with Gasteiger partial charge < -0.3 is 10.4 Å². The van der Waals surface area contributed by atoms with Crippen molar-refractivity contribution in [3.05, 3.63) is 0 Å². The third-order valence-corrected chi connectivity index (χ3v) is 3.57. The second-order valence-corrected chi connectivity index (χ2v) is 5.09. The zero-order valence-electron chi connectivity index (χ0n) is 9.79. The third-order valence-electron chi connectivity index (χ3n) is 3.57. The van der Waals surface area contributed by atoms with Crippen LogP contribution in [0.2, 0.25) is 0 Å². The van der Waals surface area contributed by atoms with Crippen molar-refractivity contribution < 1.29 is 5.11 Å². The molecule has 1 aliphatic rings. The molecule has 0 aliphatic heterocycles. The highest BCUT2D eigenvalue weighted by Crippen LogP contribution is 2.19. The van der Waals surface area contributed by atoms with Crippen LogP contribution in [-0.4, -0.2) is 23.8 Å². The predicted molar refractivity (Wildman–Crippen MR) is 60.3 cm³/mol. The molecule has 0 saturated heterocycles. The minimum absolute atomic E-state index is 0.108. The third kappa shape index (κ3) is 3.58. The Hall–Kier alpha value is -0.0800. The van der Waals surface area contributed by atoms with E-state index in [2.05, 4.69) is 26.1 Å². The standard InChI is InChI=1S/C12H25NO/c1-9(2)10(3)8-13-11-6-4-5-7-12(11)14/h9-14H,4-8H2,1-3H3/t10?,11-,12-/m0/s1. The molecule has 0 bridgehead atoms. The lowest BCUT2D eigenvalue weighted by atomic mass is 9.91. The Morgan fingerprint density at radius 2 is 1.86 bits per heavy atom. The molecule has 84 valence electrons. The fraction of sp³-hybridized carbons (Fsp3) is 1.00. The number of rotatable bonds is 4. The van der Waals surface area contributed by atoms with E-state index in [-0.39, 0.29) is 6.10 Å². The largest absolute Gasteiger partial charge is 0.392 e. The lowest BCUT2D eigenvalue weighted by Crippen LogP contribution is -2.44. The van der Waals surface area contributed by atoms with Gasteiger partial charge in [0.2, 0.25) is 0 Å². The molecule has 1 saturated carbocycles. The highest BCUT2D eigenvalue weighted by atomic mass is 16.3. The maximum absolute atomic E-state index is 9.76. The summed E-state index contributed by atoms with van der Waals surface area (Å²) in [6.07, 6.45) is 4.48. The van der Waals surface area contributed by atoms with Gasteiger partial charge in [-0.2, -0.15) is 0 Å². The zero-order valence-corrected chi connectivity index (χ0v) is 9.79. The maximum Gasteiger partial charge on any atom is 0.0693 e. The van der Waals surface area contributed by atoms with Crippen LogP contribution < -0.4 is 5.32 Å². The van der Waals surface area contributed by atoms with E-state index >= 15 is 0 Å². The van der Waals surface area contributed by atoms with Gasteiger partial charge in [-0.15, -0.1) is 0 Å². The Morgan fingerprint density at radius 3 is 2.43 bits per heavy atom. The SMILES string of the molecule is CC(C)C(C)CN[C@H]1CCCC[C@@H]1O. The van der Waals surface area contributed by atoms with Gasteiger partial charge in [-0.3, -0.25) is 0 Å². The molecule has 14 heavy (non-hydrogen) atoms. The van der Waals surface area contributed by atoms with Gasteiger partial charge in [-0.25, -0.2) is 0 Å². The van der Waals surface area contributed by atoms with Crippen LogP contribution in [0.15, 0.2) is 0 Å². The molecule has 0 aromatic heterocycles. The van der Waals surface area contributed by atoms with Gasteiger partial charge in [0.1, 0.15) is 0 Å². The molecule has 2 N–H and O–H groups in total. The molecule has 0 aromatic carbocycles. The van der Waals surface area contributed by atoms with Crippen LogP contribution in [-0.2, 0) is 0 Å². The van der Waals surface area contributed by atoms with Crippen LogP contribution in [0.3, 0.4) is 0 Å². The molecule has 0 amide bonds. The van der Waals surface area contributed by atoms with Gasteiger partial charge in [0, 0.05) is 6.04 Å². The molecule has 2 nitrogen and oxygen atoms in total. The summed E-state index contributed by atoms with van der Waals surface area (Å²) in [7, 11) is 0. The Morgan fingerprint density at radius 1 is 1.21 bits per heavy atom. The van der Waals surface area contributed by atoms with Crippen molar-refractivity contribution in [2.75, 3.05) is 6.54 Å². The lowest BCUT2D eigenvalue weighted by molar-refractivity contribution is 0.0880. The first kappa shape index (κ1) is 12.0. The average molecular weight is 199 g/mol. The maximum atomic E-state index is 9.76. The van der Waals surface area contributed by atoms with Crippen molar-refractivity contribution in [3.8, 4) is 0 Å². The molecule has 0 radical (unpaired) electrons. The van der Waals surface area contributed by atoms with Crippen LogP contribution in [0.4, 0.5) is 0 Å². The molecule has 3 atom stereocenters. The van der Waals surface area contributed by atoms with Crippen LogP contribution in [0.5, 0.6) is 0 Å². The molecule has 1 aliphatic carbocycles. The number of aliphatic hydroxyl groups excluding tert-OH is 1. The van der Waals surface area contributed by atoms with Crippen molar-refractivity contribution in [1.82, 2.24) is 5.32 Å². The summed E-state index contributed by atoms with van der Waals surface area (Å²) in [6, 6.07) is 0.352. The number of aliphatic hydroxyl groups is 1. The van der Waals surface area contributed by atoms with E-state index in [4.69, 9.17) is 0 Å². The molecule has 1 rings (SSSR count). The van der Waals surface area contributed by atoms with E-state index in [0.717, 1.165) is 25.3 Å². The zero-order chi connectivity index (χ0) is 10.6. The molecular formula is C12H25NO. The van der Waals surface area contributed by atoms with E-state index in [1.165, 1.54) is 12.8 Å². The van der Waals surface area contributed by atoms with Crippen LogP contribution in [0, 0.1) is 11.8 Å². The first-order valence-corrected chi connectivity index (χ1v) is 6.02. The quantitative estimate of drug-likeness (QED) is 0.727. The first-order chi connectivity index (χ1) is 6.61. The second-order valence-electron chi connectivity index (χ2n) is 5.09. The fourth-order valence-electron chi connectivity index (χ4n) is 1.92. The molecular weight excluding hydrogens is 174 g/mol. The van der Waals surface area contributed by atoms with Gasteiger partial charge >= 0.3 is 0 Å². The van der Waals surface area contributed by atoms with Gasteiger partial charge in [-0.1, -0.05) is 33.6 Å². The Balaban J connectivity index is 2.22. The fourth-order valence-corrected chi connectivity index (χ4v) is 1.92. The minimum Gasteiger partial charge on any atom is -0.392 e. The molecule has 0 heterocycles. The molecule has 0 spiro atoms. The highest BCUT2D eigenvalue weighted by molar-refractivity contribution is 4.80. The van der Waals surface area contributed by atoms with E-state index in [0.29, 0.717) is 12.0 Å². The number of hydrogen-bond donors (Lipinski definition) is 2. The summed E-state index contributed by atoms with van der Waals surface area (Å²) in [5, 5.41) is 13.3. The summed E-state index contributed by atoms with van der Waals surface area (Å²) in [5.41, 5.74) is 0. The van der Waals surface area contributed by atoms with Crippen molar-refractivity contribution in [2.24, 2.45) is 11.8 Å². The Bertz CT molecular complexity index is 158. The Labute approximate surface area is 88.1 Å². The first-order valence-electron chi connectivity index (χ1n) is 6.02. The molecule has 2 heteroatoms. The average Bonchev–Trinajstić information content (AvgIpc) is 2.16. The van der Waals surface area contributed by atoms with Gasteiger partial charge in [0.05, 0.1) is 6.10 Å². The Kier molecular flexibility index (Phi) is 4.90. The van der Waals surface area contributed by atoms with Crippen LogP contribution in [0.1, 0.15) is 46.5 Å². The number of nitrogens with one attached hydrogen (secondary N) is 1. The van der Waals surface area contributed by atoms with Crippen LogP contribution in [0.25, 0.3) is 0 Å². The molecule has 1 unspecified atom stereocenters. The van der Waals surface area contributed by atoms with E-state index < -0.39 is 0 Å². The predicted octanol–water partition coefficient (Wildman–Crippen LogP) is 2.17.